The van der Waals surface area contributed by atoms with Gasteiger partial charge in [-0.2, -0.15) is 0 Å². The number of hydrogen-bond acceptors (Lipinski definition) is 3. The second kappa shape index (κ2) is 13.5. The van der Waals surface area contributed by atoms with Crippen molar-refractivity contribution in [3.63, 3.8) is 0 Å². The van der Waals surface area contributed by atoms with Crippen LogP contribution >= 0.6 is 0 Å². The average molecular weight is 399 g/mol. The summed E-state index contributed by atoms with van der Waals surface area (Å²) in [6.45, 7) is 3.12. The molecule has 0 amide bonds. The van der Waals surface area contributed by atoms with Gasteiger partial charge in [-0.3, -0.25) is 0 Å². The molecule has 0 heterocycles. The Morgan fingerprint density at radius 3 is 1.97 bits per heavy atom. The number of unbranched alkanes of at least 4 members (excludes halogenated alkanes) is 8. The van der Waals surface area contributed by atoms with Crippen molar-refractivity contribution in [2.75, 3.05) is 0 Å². The van der Waals surface area contributed by atoms with Crippen molar-refractivity contribution >= 4 is 0 Å². The first-order valence-electron chi connectivity index (χ1n) is 11.3. The molecule has 0 atom stereocenters. The number of ether oxygens (including phenoxy) is 1. The highest BCUT2D eigenvalue weighted by atomic mass is 16.5. The molecule has 0 radical (unpaired) electrons. The normalized spacial score (nSPS) is 11.7. The van der Waals surface area contributed by atoms with Crippen LogP contribution in [-0.4, -0.2) is 10.2 Å². The maximum atomic E-state index is 10.7. The fraction of sp³-hybridized carbons (Fsp3) is 0.538. The molecule has 29 heavy (non-hydrogen) atoms. The highest BCUT2D eigenvalue weighted by Crippen LogP contribution is 2.28. The van der Waals surface area contributed by atoms with Crippen LogP contribution in [-0.2, 0) is 23.7 Å². The fourth-order valence-corrected chi connectivity index (χ4v) is 3.71. The predicted molar refractivity (Wildman–Crippen MR) is 119 cm³/mol. The number of rotatable bonds is 15. The smallest absolute Gasteiger partial charge is 0.190 e. The summed E-state index contributed by atoms with van der Waals surface area (Å²) in [5.41, 5.74) is 2.51. The Kier molecular flexibility index (Phi) is 11.0. The number of aliphatic hydroxyl groups is 2. The van der Waals surface area contributed by atoms with Crippen LogP contribution in [0.3, 0.4) is 0 Å². The van der Waals surface area contributed by atoms with E-state index in [2.05, 4.69) is 6.92 Å². The SMILES string of the molecule is CCCCCCCCCCCC(O)(O)c1ccccc1COCc1ccccc1. The van der Waals surface area contributed by atoms with Gasteiger partial charge in [0.25, 0.3) is 0 Å². The van der Waals surface area contributed by atoms with E-state index in [4.69, 9.17) is 4.74 Å². The van der Waals surface area contributed by atoms with Crippen molar-refractivity contribution < 1.29 is 14.9 Å². The third-order valence-electron chi connectivity index (χ3n) is 5.45. The van der Waals surface area contributed by atoms with Crippen molar-refractivity contribution in [3.05, 3.63) is 71.3 Å². The van der Waals surface area contributed by atoms with E-state index < -0.39 is 5.79 Å². The van der Waals surface area contributed by atoms with Crippen LogP contribution in [0.4, 0.5) is 0 Å². The van der Waals surface area contributed by atoms with Gasteiger partial charge in [-0.25, -0.2) is 0 Å². The van der Waals surface area contributed by atoms with Gasteiger partial charge in [0.15, 0.2) is 5.79 Å². The van der Waals surface area contributed by atoms with E-state index in [1.807, 2.05) is 48.5 Å². The zero-order chi connectivity index (χ0) is 20.8. The van der Waals surface area contributed by atoms with Gasteiger partial charge < -0.3 is 14.9 Å². The van der Waals surface area contributed by atoms with Crippen LogP contribution in [0, 0.1) is 0 Å². The Balaban J connectivity index is 1.74. The molecule has 2 aromatic carbocycles. The van der Waals surface area contributed by atoms with Crippen molar-refractivity contribution in [2.45, 2.75) is 90.1 Å². The van der Waals surface area contributed by atoms with Gasteiger partial charge in [0.1, 0.15) is 0 Å². The lowest BCUT2D eigenvalue weighted by atomic mass is 9.94. The average Bonchev–Trinajstić information content (AvgIpc) is 2.73. The minimum absolute atomic E-state index is 0.360. The highest BCUT2D eigenvalue weighted by molar-refractivity contribution is 5.30. The van der Waals surface area contributed by atoms with Gasteiger partial charge in [-0.1, -0.05) is 113 Å². The molecule has 2 N–H and O–H groups in total. The fourth-order valence-electron chi connectivity index (χ4n) is 3.71. The van der Waals surface area contributed by atoms with Crippen molar-refractivity contribution in [2.24, 2.45) is 0 Å². The second-order valence-corrected chi connectivity index (χ2v) is 8.03. The Labute approximate surface area is 176 Å². The summed E-state index contributed by atoms with van der Waals surface area (Å²) in [4.78, 5) is 0. The molecule has 0 saturated carbocycles. The van der Waals surface area contributed by atoms with Crippen molar-refractivity contribution in [3.8, 4) is 0 Å². The molecule has 0 spiro atoms. The number of hydrogen-bond donors (Lipinski definition) is 2. The van der Waals surface area contributed by atoms with Crippen LogP contribution in [0.25, 0.3) is 0 Å². The van der Waals surface area contributed by atoms with Crippen LogP contribution in [0.5, 0.6) is 0 Å². The molecule has 2 aromatic rings. The van der Waals surface area contributed by atoms with Crippen LogP contribution in [0.15, 0.2) is 54.6 Å². The first-order chi connectivity index (χ1) is 14.1. The quantitative estimate of drug-likeness (QED) is 0.267. The first kappa shape index (κ1) is 23.6. The first-order valence-corrected chi connectivity index (χ1v) is 11.3. The Bertz CT molecular complexity index is 667. The summed E-state index contributed by atoms with van der Waals surface area (Å²) in [6.07, 6.45) is 11.2. The molecule has 3 heteroatoms. The lowest BCUT2D eigenvalue weighted by molar-refractivity contribution is -0.176. The van der Waals surface area contributed by atoms with Gasteiger partial charge in [0, 0.05) is 12.0 Å². The van der Waals surface area contributed by atoms with E-state index in [1.165, 1.54) is 44.9 Å². The van der Waals surface area contributed by atoms with E-state index in [-0.39, 0.29) is 0 Å². The summed E-state index contributed by atoms with van der Waals surface area (Å²) in [5.74, 6) is -1.80. The van der Waals surface area contributed by atoms with Gasteiger partial charge in [-0.15, -0.1) is 0 Å². The zero-order valence-electron chi connectivity index (χ0n) is 18.0. The monoisotopic (exact) mass is 398 g/mol. The van der Waals surface area contributed by atoms with Gasteiger partial charge in [0.05, 0.1) is 13.2 Å². The van der Waals surface area contributed by atoms with E-state index in [1.54, 1.807) is 6.07 Å². The van der Waals surface area contributed by atoms with Crippen molar-refractivity contribution in [1.82, 2.24) is 0 Å². The third-order valence-corrected chi connectivity index (χ3v) is 5.45. The minimum atomic E-state index is -1.80. The van der Waals surface area contributed by atoms with Gasteiger partial charge in [0.2, 0.25) is 0 Å². The van der Waals surface area contributed by atoms with E-state index in [0.29, 0.717) is 25.2 Å². The van der Waals surface area contributed by atoms with Gasteiger partial charge in [-0.05, 0) is 17.5 Å². The molecular weight excluding hydrogens is 360 g/mol. The topological polar surface area (TPSA) is 49.7 Å². The molecule has 3 nitrogen and oxygen atoms in total. The standard InChI is InChI=1S/C26H38O3/c1-2-3-4-5-6-7-8-9-15-20-26(27,28)25-19-14-13-18-24(25)22-29-21-23-16-11-10-12-17-23/h10-14,16-19,27-28H,2-9,15,20-22H2,1H3. The Morgan fingerprint density at radius 1 is 0.690 bits per heavy atom. The molecule has 0 aromatic heterocycles. The highest BCUT2D eigenvalue weighted by Gasteiger charge is 2.27. The summed E-state index contributed by atoms with van der Waals surface area (Å²) >= 11 is 0. The summed E-state index contributed by atoms with van der Waals surface area (Å²) in [7, 11) is 0. The molecule has 0 bridgehead atoms. The molecule has 160 valence electrons. The Morgan fingerprint density at radius 2 is 1.28 bits per heavy atom. The molecule has 0 fully saturated rings. The molecule has 2 rings (SSSR count). The maximum Gasteiger partial charge on any atom is 0.190 e. The van der Waals surface area contributed by atoms with E-state index >= 15 is 0 Å². The maximum absolute atomic E-state index is 10.7. The second-order valence-electron chi connectivity index (χ2n) is 8.03. The third kappa shape index (κ3) is 9.12. The lowest BCUT2D eigenvalue weighted by Gasteiger charge is -2.25. The largest absolute Gasteiger partial charge is 0.372 e. The zero-order valence-corrected chi connectivity index (χ0v) is 18.0. The van der Waals surface area contributed by atoms with Crippen LogP contribution < -0.4 is 0 Å². The molecule has 0 aliphatic carbocycles. The lowest BCUT2D eigenvalue weighted by Crippen LogP contribution is -2.26. The van der Waals surface area contributed by atoms with Crippen molar-refractivity contribution in [1.29, 1.82) is 0 Å². The summed E-state index contributed by atoms with van der Waals surface area (Å²) in [6, 6.07) is 17.5. The molecule has 0 aliphatic rings. The van der Waals surface area contributed by atoms with E-state index in [0.717, 1.165) is 24.0 Å². The molecular formula is C26H38O3. The molecule has 0 saturated heterocycles. The number of benzene rings is 2. The molecule has 0 unspecified atom stereocenters. The minimum Gasteiger partial charge on any atom is -0.372 e. The Hall–Kier alpha value is -1.68. The van der Waals surface area contributed by atoms with Crippen LogP contribution in [0.1, 0.15) is 87.8 Å². The van der Waals surface area contributed by atoms with Crippen LogP contribution in [0.2, 0.25) is 0 Å². The molecule has 0 aliphatic heterocycles. The van der Waals surface area contributed by atoms with E-state index in [9.17, 15) is 10.2 Å². The predicted octanol–water partition coefficient (Wildman–Crippen LogP) is 6.46. The van der Waals surface area contributed by atoms with Gasteiger partial charge >= 0.3 is 0 Å². The summed E-state index contributed by atoms with van der Waals surface area (Å²) in [5, 5.41) is 21.4. The summed E-state index contributed by atoms with van der Waals surface area (Å²) < 4.78 is 5.82.